The predicted octanol–water partition coefficient (Wildman–Crippen LogP) is -1.30. The van der Waals surface area contributed by atoms with Gasteiger partial charge in [-0.3, -0.25) is 4.52 Å². The van der Waals surface area contributed by atoms with Crippen LogP contribution >= 0.6 is 7.82 Å². The third kappa shape index (κ3) is 3.35. The number of phosphoric ester groups is 1. The van der Waals surface area contributed by atoms with Gasteiger partial charge in [0.15, 0.2) is 0 Å². The molecule has 0 amide bonds. The number of nitrogens with one attached hydrogen (secondary N) is 1. The molecular weight excluding hydrogens is 208 g/mol. The Morgan fingerprint density at radius 3 is 2.57 bits per heavy atom. The van der Waals surface area contributed by atoms with E-state index in [0.29, 0.717) is 6.42 Å². The third-order valence-corrected chi connectivity index (χ3v) is 2.73. The first-order valence-electron chi connectivity index (χ1n) is 4.23. The molecule has 0 bridgehead atoms. The highest BCUT2D eigenvalue weighted by Gasteiger charge is 2.36. The zero-order chi connectivity index (χ0) is 10.9. The largest absolute Gasteiger partial charge is 0.469 e. The monoisotopic (exact) mass is 221 g/mol. The van der Waals surface area contributed by atoms with Gasteiger partial charge in [-0.2, -0.15) is 0 Å². The van der Waals surface area contributed by atoms with E-state index in [0.717, 1.165) is 0 Å². The van der Waals surface area contributed by atoms with Crippen LogP contribution in [0.15, 0.2) is 0 Å². The average Bonchev–Trinajstić information content (AvgIpc) is 2.26. The van der Waals surface area contributed by atoms with Crippen LogP contribution < -0.4 is 5.32 Å². The summed E-state index contributed by atoms with van der Waals surface area (Å²) in [7, 11) is 0.984. The Balaban J connectivity index is 2.53. The highest BCUT2D eigenvalue weighted by Crippen LogP contribution is 2.39. The number of hydrogen-bond donors (Lipinski definition) is 4. The van der Waals surface area contributed by atoms with Gasteiger partial charge in [0.1, 0.15) is 0 Å². The van der Waals surface area contributed by atoms with E-state index < -0.39 is 26.1 Å². The molecule has 1 heterocycles. The molecule has 8 heteroatoms. The van der Waals surface area contributed by atoms with E-state index in [9.17, 15) is 9.67 Å². The lowest BCUT2D eigenvalue weighted by molar-refractivity contribution is 0.0658. The van der Waals surface area contributed by atoms with Crippen LogP contribution in [0.2, 0.25) is 0 Å². The molecule has 0 spiro atoms. The van der Waals surface area contributed by atoms with Crippen LogP contribution in [0.1, 0.15) is 13.3 Å². The molecule has 0 aliphatic carbocycles. The fourth-order valence-electron chi connectivity index (χ4n) is 1.56. The smallest absolute Gasteiger partial charge is 0.391 e. The van der Waals surface area contributed by atoms with Gasteiger partial charge in [0, 0.05) is 0 Å². The number of aliphatic hydroxyl groups excluding tert-OH is 1. The molecule has 1 rings (SSSR count). The standard InChI is InChI=1S/C6H13BNO5P/c1-3(13-14(10,11)12)6-4(9)2-5(7)8-6/h3-6,8-9H,2H2,1H3,(H2,10,11,12)/t3?,4-,5+,6+/m0/s1. The lowest BCUT2D eigenvalue weighted by atomic mass is 9.94. The highest BCUT2D eigenvalue weighted by atomic mass is 31.2. The molecule has 0 aromatic rings. The lowest BCUT2D eigenvalue weighted by Crippen LogP contribution is -2.42. The van der Waals surface area contributed by atoms with Crippen LogP contribution in [0.5, 0.6) is 0 Å². The summed E-state index contributed by atoms with van der Waals surface area (Å²) in [6.07, 6.45) is -1.19. The van der Waals surface area contributed by atoms with Crippen LogP contribution in [0, 0.1) is 0 Å². The van der Waals surface area contributed by atoms with Crippen molar-refractivity contribution in [2.75, 3.05) is 0 Å². The van der Waals surface area contributed by atoms with Crippen molar-refractivity contribution in [2.45, 2.75) is 37.5 Å². The minimum absolute atomic E-state index is 0.347. The van der Waals surface area contributed by atoms with E-state index in [-0.39, 0.29) is 5.94 Å². The first kappa shape index (κ1) is 12.2. The molecule has 1 fully saturated rings. The molecule has 0 aromatic carbocycles. The number of aliphatic hydroxyl groups is 1. The van der Waals surface area contributed by atoms with E-state index in [1.165, 1.54) is 6.92 Å². The van der Waals surface area contributed by atoms with Crippen molar-refractivity contribution in [2.24, 2.45) is 0 Å². The molecule has 4 atom stereocenters. The van der Waals surface area contributed by atoms with Crippen LogP contribution in [-0.4, -0.2) is 46.9 Å². The van der Waals surface area contributed by atoms with E-state index in [1.54, 1.807) is 0 Å². The maximum atomic E-state index is 10.5. The van der Waals surface area contributed by atoms with Crippen LogP contribution in [0.25, 0.3) is 0 Å². The van der Waals surface area contributed by atoms with Gasteiger partial charge in [-0.15, -0.1) is 0 Å². The fourth-order valence-corrected chi connectivity index (χ4v) is 2.13. The van der Waals surface area contributed by atoms with Crippen LogP contribution in [0.4, 0.5) is 0 Å². The second kappa shape index (κ2) is 4.30. The van der Waals surface area contributed by atoms with E-state index in [2.05, 4.69) is 9.84 Å². The Morgan fingerprint density at radius 2 is 2.21 bits per heavy atom. The Morgan fingerprint density at radius 1 is 1.64 bits per heavy atom. The Hall–Kier alpha value is 0.0949. The van der Waals surface area contributed by atoms with Crippen LogP contribution in [0.3, 0.4) is 0 Å². The molecule has 1 saturated heterocycles. The highest BCUT2D eigenvalue weighted by molar-refractivity contribution is 7.46. The van der Waals surface area contributed by atoms with Gasteiger partial charge in [0.2, 0.25) is 0 Å². The number of hydrogen-bond acceptors (Lipinski definition) is 4. The molecule has 80 valence electrons. The van der Waals surface area contributed by atoms with Crippen molar-refractivity contribution >= 4 is 15.7 Å². The van der Waals surface area contributed by atoms with E-state index in [4.69, 9.17) is 17.6 Å². The lowest BCUT2D eigenvalue weighted by Gasteiger charge is -2.23. The second-order valence-electron chi connectivity index (χ2n) is 3.40. The first-order valence-corrected chi connectivity index (χ1v) is 5.76. The first-order chi connectivity index (χ1) is 6.29. The minimum Gasteiger partial charge on any atom is -0.391 e. The number of rotatable bonds is 3. The molecule has 14 heavy (non-hydrogen) atoms. The zero-order valence-corrected chi connectivity index (χ0v) is 8.59. The second-order valence-corrected chi connectivity index (χ2v) is 4.60. The van der Waals surface area contributed by atoms with Crippen molar-refractivity contribution in [3.63, 3.8) is 0 Å². The summed E-state index contributed by atoms with van der Waals surface area (Å²) >= 11 is 0. The Kier molecular flexibility index (Phi) is 3.74. The van der Waals surface area contributed by atoms with Gasteiger partial charge in [-0.1, -0.05) is 0 Å². The van der Waals surface area contributed by atoms with Gasteiger partial charge in [0.25, 0.3) is 0 Å². The van der Waals surface area contributed by atoms with Crippen LogP contribution in [-0.2, 0) is 9.09 Å². The Labute approximate surface area is 83.3 Å². The summed E-state index contributed by atoms with van der Waals surface area (Å²) in [6, 6.07) is -0.544. The molecule has 1 aliphatic heterocycles. The molecule has 2 radical (unpaired) electrons. The molecular formula is C6H13BNO5P. The summed E-state index contributed by atoms with van der Waals surface area (Å²) in [5.41, 5.74) is 0. The Bertz CT molecular complexity index is 246. The summed E-state index contributed by atoms with van der Waals surface area (Å²) in [5, 5.41) is 12.2. The maximum Gasteiger partial charge on any atom is 0.469 e. The molecule has 0 saturated carbocycles. The summed E-state index contributed by atoms with van der Waals surface area (Å²) < 4.78 is 14.9. The van der Waals surface area contributed by atoms with Crippen molar-refractivity contribution in [1.82, 2.24) is 5.32 Å². The van der Waals surface area contributed by atoms with E-state index >= 15 is 0 Å². The predicted molar refractivity (Wildman–Crippen MR) is 49.7 cm³/mol. The van der Waals surface area contributed by atoms with Gasteiger partial charge in [0.05, 0.1) is 26.1 Å². The topological polar surface area (TPSA) is 99.0 Å². The van der Waals surface area contributed by atoms with Gasteiger partial charge >= 0.3 is 7.82 Å². The summed E-state index contributed by atoms with van der Waals surface area (Å²) in [5.74, 6) is -0.363. The normalized spacial score (nSPS) is 35.9. The van der Waals surface area contributed by atoms with Crippen molar-refractivity contribution < 1.29 is 24.0 Å². The van der Waals surface area contributed by atoms with Crippen molar-refractivity contribution in [3.8, 4) is 0 Å². The van der Waals surface area contributed by atoms with Crippen molar-refractivity contribution in [3.05, 3.63) is 0 Å². The van der Waals surface area contributed by atoms with Gasteiger partial charge < -0.3 is 20.2 Å². The maximum absolute atomic E-state index is 10.5. The third-order valence-electron chi connectivity index (χ3n) is 2.13. The SMILES string of the molecule is [B][C@H]1C[C@H](O)[C@@H](C(C)OP(=O)(O)O)N1. The quantitative estimate of drug-likeness (QED) is 0.349. The molecule has 4 N–H and O–H groups in total. The zero-order valence-electron chi connectivity index (χ0n) is 7.70. The average molecular weight is 221 g/mol. The summed E-state index contributed by atoms with van der Waals surface area (Å²) in [6.45, 7) is 1.47. The minimum atomic E-state index is -4.51. The summed E-state index contributed by atoms with van der Waals surface area (Å²) in [4.78, 5) is 17.1. The fraction of sp³-hybridized carbons (Fsp3) is 1.00. The molecule has 1 aliphatic rings. The van der Waals surface area contributed by atoms with Gasteiger partial charge in [-0.05, 0) is 19.3 Å². The molecule has 0 aromatic heterocycles. The molecule has 6 nitrogen and oxygen atoms in total. The molecule has 1 unspecified atom stereocenters. The van der Waals surface area contributed by atoms with Gasteiger partial charge in [-0.25, -0.2) is 4.57 Å². The van der Waals surface area contributed by atoms with Crippen molar-refractivity contribution in [1.29, 1.82) is 0 Å². The number of phosphoric acid groups is 1. The van der Waals surface area contributed by atoms with E-state index in [1.807, 2.05) is 0 Å².